The van der Waals surface area contributed by atoms with Crippen LogP contribution >= 0.6 is 11.3 Å². The zero-order valence-corrected chi connectivity index (χ0v) is 19.8. The predicted octanol–water partition coefficient (Wildman–Crippen LogP) is 3.59. The molecule has 11 nitrogen and oxygen atoms in total. The molecule has 1 heterocycles. The molecular weight excluding hydrogens is 466 g/mol. The van der Waals surface area contributed by atoms with E-state index in [1.54, 1.807) is 23.0 Å². The molecule has 0 unspecified atom stereocenters. The van der Waals surface area contributed by atoms with E-state index in [4.69, 9.17) is 23.7 Å². The minimum absolute atomic E-state index is 0.0527. The van der Waals surface area contributed by atoms with Crippen LogP contribution < -0.4 is 29.0 Å². The minimum atomic E-state index is -0.662. The third-order valence-electron chi connectivity index (χ3n) is 4.76. The number of carbonyl (C=O) groups excluding carboxylic acids is 1. The first-order chi connectivity index (χ1) is 16.4. The fraction of sp³-hybridized carbons (Fsp3) is 0.273. The largest absolute Gasteiger partial charge is 0.493 e. The van der Waals surface area contributed by atoms with Crippen LogP contribution in [0.2, 0.25) is 0 Å². The molecule has 1 N–H and O–H groups in total. The smallest absolute Gasteiger partial charge is 0.286 e. The number of thiazole rings is 1. The van der Waals surface area contributed by atoms with Crippen molar-refractivity contribution >= 4 is 22.9 Å². The van der Waals surface area contributed by atoms with E-state index < -0.39 is 16.5 Å². The molecule has 12 heteroatoms. The summed E-state index contributed by atoms with van der Waals surface area (Å²) >= 11 is 1.40. The Morgan fingerprint density at radius 3 is 2.21 bits per heavy atom. The van der Waals surface area contributed by atoms with Gasteiger partial charge in [-0.25, -0.2) is 4.98 Å². The van der Waals surface area contributed by atoms with Gasteiger partial charge in [-0.1, -0.05) is 0 Å². The Kier molecular flexibility index (Phi) is 8.09. The van der Waals surface area contributed by atoms with Gasteiger partial charge in [-0.3, -0.25) is 14.9 Å². The Morgan fingerprint density at radius 1 is 1.00 bits per heavy atom. The number of hydrogen-bond donors (Lipinski definition) is 1. The second-order valence-electron chi connectivity index (χ2n) is 6.76. The monoisotopic (exact) mass is 489 g/mol. The summed E-state index contributed by atoms with van der Waals surface area (Å²) in [4.78, 5) is 28.0. The molecule has 0 aliphatic heterocycles. The van der Waals surface area contributed by atoms with Gasteiger partial charge < -0.3 is 29.0 Å². The number of methoxy groups -OCH3 is 4. The van der Waals surface area contributed by atoms with Gasteiger partial charge in [0.05, 0.1) is 50.6 Å². The molecule has 0 saturated carbocycles. The van der Waals surface area contributed by atoms with Gasteiger partial charge in [-0.05, 0) is 17.7 Å². The van der Waals surface area contributed by atoms with Crippen molar-refractivity contribution in [3.05, 3.63) is 62.1 Å². The van der Waals surface area contributed by atoms with Crippen molar-refractivity contribution in [1.29, 1.82) is 0 Å². The molecule has 1 aromatic heterocycles. The van der Waals surface area contributed by atoms with Crippen LogP contribution in [0.1, 0.15) is 21.6 Å². The number of ether oxygens (including phenoxy) is 5. The molecule has 3 rings (SSSR count). The molecule has 0 bridgehead atoms. The summed E-state index contributed by atoms with van der Waals surface area (Å²) in [5.74, 6) is 0.890. The van der Waals surface area contributed by atoms with Crippen LogP contribution in [-0.2, 0) is 13.2 Å². The van der Waals surface area contributed by atoms with E-state index in [0.717, 1.165) is 0 Å². The molecule has 2 aromatic carbocycles. The molecule has 0 atom stereocenters. The summed E-state index contributed by atoms with van der Waals surface area (Å²) in [6, 6.07) is 5.79. The third kappa shape index (κ3) is 5.46. The van der Waals surface area contributed by atoms with Crippen molar-refractivity contribution in [3.63, 3.8) is 0 Å². The number of benzene rings is 2. The highest BCUT2D eigenvalue weighted by atomic mass is 32.1. The minimum Gasteiger partial charge on any atom is -0.493 e. The van der Waals surface area contributed by atoms with E-state index >= 15 is 0 Å². The number of amides is 1. The normalized spacial score (nSPS) is 10.4. The third-order valence-corrected chi connectivity index (χ3v) is 5.40. The van der Waals surface area contributed by atoms with Crippen molar-refractivity contribution in [1.82, 2.24) is 10.3 Å². The maximum atomic E-state index is 12.9. The maximum Gasteiger partial charge on any atom is 0.286 e. The number of rotatable bonds is 11. The van der Waals surface area contributed by atoms with Crippen LogP contribution in [0.4, 0.5) is 5.69 Å². The van der Waals surface area contributed by atoms with Gasteiger partial charge in [0.2, 0.25) is 5.75 Å². The lowest BCUT2D eigenvalue weighted by atomic mass is 10.1. The van der Waals surface area contributed by atoms with Gasteiger partial charge in [0.1, 0.15) is 12.2 Å². The highest BCUT2D eigenvalue weighted by Crippen LogP contribution is 2.38. The number of aromatic nitrogens is 1. The summed E-state index contributed by atoms with van der Waals surface area (Å²) in [5, 5.41) is 16.2. The van der Waals surface area contributed by atoms with Crippen LogP contribution in [0.25, 0.3) is 0 Å². The van der Waals surface area contributed by atoms with E-state index in [9.17, 15) is 14.9 Å². The molecule has 34 heavy (non-hydrogen) atoms. The molecule has 180 valence electrons. The summed E-state index contributed by atoms with van der Waals surface area (Å²) in [6.07, 6.45) is 0. The van der Waals surface area contributed by atoms with Gasteiger partial charge in [0.15, 0.2) is 23.0 Å². The Labute approximate surface area is 199 Å². The lowest BCUT2D eigenvalue weighted by molar-refractivity contribution is -0.385. The van der Waals surface area contributed by atoms with E-state index in [0.29, 0.717) is 28.5 Å². The molecule has 0 spiro atoms. The highest BCUT2D eigenvalue weighted by molar-refractivity contribution is 7.07. The Hall–Kier alpha value is -4.06. The van der Waals surface area contributed by atoms with Gasteiger partial charge >= 0.3 is 0 Å². The first-order valence-corrected chi connectivity index (χ1v) is 10.8. The topological polar surface area (TPSA) is 131 Å². The molecule has 3 aromatic rings. The lowest BCUT2D eigenvalue weighted by Gasteiger charge is -2.15. The van der Waals surface area contributed by atoms with Crippen molar-refractivity contribution < 1.29 is 33.4 Å². The second kappa shape index (κ2) is 11.2. The van der Waals surface area contributed by atoms with Gasteiger partial charge in [0, 0.05) is 18.0 Å². The average molecular weight is 490 g/mol. The second-order valence-corrected chi connectivity index (χ2v) is 7.48. The molecule has 0 fully saturated rings. The van der Waals surface area contributed by atoms with Crippen molar-refractivity contribution in [3.8, 4) is 28.7 Å². The van der Waals surface area contributed by atoms with Crippen LogP contribution in [0.3, 0.4) is 0 Å². The van der Waals surface area contributed by atoms with E-state index in [-0.39, 0.29) is 30.2 Å². The first kappa shape index (κ1) is 24.6. The van der Waals surface area contributed by atoms with Gasteiger partial charge in [0.25, 0.3) is 11.6 Å². The van der Waals surface area contributed by atoms with Crippen molar-refractivity contribution in [2.45, 2.75) is 13.2 Å². The number of carbonyl (C=O) groups is 1. The number of nitro groups is 1. The SMILES string of the molecule is COc1cc(C(=O)NCc2cc(OC)c(OC)c(OC)c2)c([N+](=O)[O-])cc1OCc1cscn1. The molecular formula is C22H23N3O8S. The quantitative estimate of drug-likeness (QED) is 0.317. The van der Waals surface area contributed by atoms with Crippen molar-refractivity contribution in [2.24, 2.45) is 0 Å². The fourth-order valence-corrected chi connectivity index (χ4v) is 3.67. The summed E-state index contributed by atoms with van der Waals surface area (Å²) in [5.41, 5.74) is 2.37. The zero-order valence-electron chi connectivity index (χ0n) is 18.9. The Bertz CT molecular complexity index is 1140. The van der Waals surface area contributed by atoms with Crippen LogP contribution in [0.15, 0.2) is 35.2 Å². The molecule has 0 saturated heterocycles. The van der Waals surface area contributed by atoms with Crippen LogP contribution in [0, 0.1) is 10.1 Å². The average Bonchev–Trinajstić information content (AvgIpc) is 3.38. The van der Waals surface area contributed by atoms with Crippen LogP contribution in [0.5, 0.6) is 28.7 Å². The van der Waals surface area contributed by atoms with Gasteiger partial charge in [-0.15, -0.1) is 11.3 Å². The van der Waals surface area contributed by atoms with E-state index in [1.165, 1.54) is 51.9 Å². The van der Waals surface area contributed by atoms with Crippen LogP contribution in [-0.4, -0.2) is 44.3 Å². The fourth-order valence-electron chi connectivity index (χ4n) is 3.13. The summed E-state index contributed by atoms with van der Waals surface area (Å²) in [6.45, 7) is 0.154. The number of nitrogens with zero attached hydrogens (tertiary/aromatic N) is 2. The van der Waals surface area contributed by atoms with E-state index in [2.05, 4.69) is 10.3 Å². The van der Waals surface area contributed by atoms with E-state index in [1.807, 2.05) is 0 Å². The number of nitro benzene ring substituents is 1. The Morgan fingerprint density at radius 2 is 1.68 bits per heavy atom. The molecule has 0 aliphatic carbocycles. The highest BCUT2D eigenvalue weighted by Gasteiger charge is 2.25. The maximum absolute atomic E-state index is 12.9. The predicted molar refractivity (Wildman–Crippen MR) is 123 cm³/mol. The molecule has 0 radical (unpaired) electrons. The number of nitrogens with one attached hydrogen (secondary N) is 1. The number of hydrogen-bond acceptors (Lipinski definition) is 10. The summed E-state index contributed by atoms with van der Waals surface area (Å²) in [7, 11) is 5.83. The Balaban J connectivity index is 1.84. The summed E-state index contributed by atoms with van der Waals surface area (Å²) < 4.78 is 26.9. The van der Waals surface area contributed by atoms with Crippen molar-refractivity contribution in [2.75, 3.05) is 28.4 Å². The van der Waals surface area contributed by atoms with Gasteiger partial charge in [-0.2, -0.15) is 0 Å². The first-order valence-electron chi connectivity index (χ1n) is 9.85. The lowest BCUT2D eigenvalue weighted by Crippen LogP contribution is -2.24. The molecule has 0 aliphatic rings. The molecule has 1 amide bonds. The zero-order chi connectivity index (χ0) is 24.7. The standard InChI is InChI=1S/C22H23N3O8S/c1-29-17-7-15(16(25(27)28)8-18(17)33-10-14-11-34-12-24-14)22(26)23-9-13-5-19(30-2)21(32-4)20(6-13)31-3/h5-8,11-12H,9-10H2,1-4H3,(H,23,26).